The SMILES string of the molecule is C=C(/C=C1/Sc2ccccc2N1C)c1cccs1. The first kappa shape index (κ1) is 11.6. The average Bonchev–Trinajstić information content (AvgIpc) is 3.00. The van der Waals surface area contributed by atoms with Crippen molar-refractivity contribution < 1.29 is 0 Å². The molecule has 18 heavy (non-hydrogen) atoms. The summed E-state index contributed by atoms with van der Waals surface area (Å²) in [4.78, 5) is 4.76. The van der Waals surface area contributed by atoms with Gasteiger partial charge in [-0.3, -0.25) is 0 Å². The van der Waals surface area contributed by atoms with Crippen LogP contribution in [0.5, 0.6) is 0 Å². The molecule has 0 saturated heterocycles. The molecule has 2 aromatic rings. The number of hydrogen-bond donors (Lipinski definition) is 0. The van der Waals surface area contributed by atoms with Gasteiger partial charge in [0.1, 0.15) is 0 Å². The van der Waals surface area contributed by atoms with E-state index in [1.165, 1.54) is 20.5 Å². The number of hydrogen-bond acceptors (Lipinski definition) is 3. The highest BCUT2D eigenvalue weighted by Crippen LogP contribution is 2.45. The normalized spacial score (nSPS) is 16.1. The lowest BCUT2D eigenvalue weighted by atomic mass is 10.2. The Morgan fingerprint density at radius 2 is 2.06 bits per heavy atom. The summed E-state index contributed by atoms with van der Waals surface area (Å²) in [5.41, 5.74) is 2.35. The van der Waals surface area contributed by atoms with Crippen LogP contribution in [0.1, 0.15) is 4.88 Å². The molecule has 1 aromatic carbocycles. The molecule has 1 aromatic heterocycles. The van der Waals surface area contributed by atoms with Gasteiger partial charge < -0.3 is 4.90 Å². The van der Waals surface area contributed by atoms with Crippen molar-refractivity contribution in [1.29, 1.82) is 0 Å². The fourth-order valence-electron chi connectivity index (χ4n) is 1.93. The summed E-state index contributed by atoms with van der Waals surface area (Å²) in [6.07, 6.45) is 2.16. The summed E-state index contributed by atoms with van der Waals surface area (Å²) in [7, 11) is 2.10. The van der Waals surface area contributed by atoms with Gasteiger partial charge in [-0.1, -0.05) is 36.5 Å². The topological polar surface area (TPSA) is 3.24 Å². The van der Waals surface area contributed by atoms with E-state index in [0.717, 1.165) is 5.57 Å². The number of thiophene rings is 1. The van der Waals surface area contributed by atoms with Gasteiger partial charge in [-0.15, -0.1) is 11.3 Å². The van der Waals surface area contributed by atoms with Crippen molar-refractivity contribution in [2.75, 3.05) is 11.9 Å². The summed E-state index contributed by atoms with van der Waals surface area (Å²) >= 11 is 3.53. The molecule has 0 saturated carbocycles. The second kappa shape index (κ2) is 4.67. The summed E-state index contributed by atoms with van der Waals surface area (Å²) in [5.74, 6) is 0. The van der Waals surface area contributed by atoms with Crippen LogP contribution in [0.4, 0.5) is 5.69 Å². The van der Waals surface area contributed by atoms with E-state index < -0.39 is 0 Å². The molecule has 3 heteroatoms. The Hall–Kier alpha value is -1.45. The maximum atomic E-state index is 4.15. The molecule has 1 aliphatic rings. The summed E-state index contributed by atoms with van der Waals surface area (Å²) < 4.78 is 0. The quantitative estimate of drug-likeness (QED) is 0.768. The highest BCUT2D eigenvalue weighted by molar-refractivity contribution is 8.03. The Morgan fingerprint density at radius 3 is 2.78 bits per heavy atom. The monoisotopic (exact) mass is 271 g/mol. The predicted octanol–water partition coefficient (Wildman–Crippen LogP) is 4.84. The minimum Gasteiger partial charge on any atom is -0.338 e. The van der Waals surface area contributed by atoms with Gasteiger partial charge in [0.15, 0.2) is 0 Å². The molecular weight excluding hydrogens is 258 g/mol. The molecule has 0 aliphatic carbocycles. The van der Waals surface area contributed by atoms with Gasteiger partial charge in [0.2, 0.25) is 0 Å². The molecule has 0 atom stereocenters. The van der Waals surface area contributed by atoms with E-state index in [2.05, 4.69) is 66.4 Å². The molecule has 0 amide bonds. The van der Waals surface area contributed by atoms with Gasteiger partial charge in [-0.2, -0.15) is 0 Å². The maximum absolute atomic E-state index is 4.15. The average molecular weight is 271 g/mol. The first-order chi connectivity index (χ1) is 8.75. The van der Waals surface area contributed by atoms with Crippen molar-refractivity contribution in [3.8, 4) is 0 Å². The summed E-state index contributed by atoms with van der Waals surface area (Å²) in [6.45, 7) is 4.15. The van der Waals surface area contributed by atoms with Crippen LogP contribution >= 0.6 is 23.1 Å². The molecule has 1 aliphatic heterocycles. The van der Waals surface area contributed by atoms with Crippen LogP contribution in [0.2, 0.25) is 0 Å². The third-order valence-corrected chi connectivity index (χ3v) is 5.02. The van der Waals surface area contributed by atoms with Crippen LogP contribution in [-0.2, 0) is 0 Å². The number of fused-ring (bicyclic) bond motifs is 1. The fraction of sp³-hybridized carbons (Fsp3) is 0.0667. The fourth-order valence-corrected chi connectivity index (χ4v) is 3.72. The Kier molecular flexibility index (Phi) is 3.02. The number of benzene rings is 1. The van der Waals surface area contributed by atoms with Gasteiger partial charge in [-0.05, 0) is 35.2 Å². The molecule has 0 N–H and O–H groups in total. The molecule has 0 unspecified atom stereocenters. The van der Waals surface area contributed by atoms with E-state index in [0.29, 0.717) is 0 Å². The number of anilines is 1. The molecule has 0 bridgehead atoms. The number of para-hydroxylation sites is 1. The third kappa shape index (κ3) is 2.00. The number of allylic oxidation sites excluding steroid dienone is 2. The van der Waals surface area contributed by atoms with E-state index in [-0.39, 0.29) is 0 Å². The Labute approximate surface area is 115 Å². The lowest BCUT2D eigenvalue weighted by Crippen LogP contribution is -2.09. The zero-order valence-corrected chi connectivity index (χ0v) is 11.7. The molecule has 3 rings (SSSR count). The first-order valence-corrected chi connectivity index (χ1v) is 7.40. The van der Waals surface area contributed by atoms with E-state index >= 15 is 0 Å². The van der Waals surface area contributed by atoms with Crippen molar-refractivity contribution >= 4 is 34.4 Å². The maximum Gasteiger partial charge on any atom is 0.0805 e. The lowest BCUT2D eigenvalue weighted by molar-refractivity contribution is 1.18. The van der Waals surface area contributed by atoms with Gasteiger partial charge >= 0.3 is 0 Å². The van der Waals surface area contributed by atoms with E-state index in [4.69, 9.17) is 0 Å². The molecule has 0 spiro atoms. The van der Waals surface area contributed by atoms with E-state index in [9.17, 15) is 0 Å². The zero-order valence-electron chi connectivity index (χ0n) is 10.1. The van der Waals surface area contributed by atoms with Crippen molar-refractivity contribution in [2.24, 2.45) is 0 Å². The molecule has 1 nitrogen and oxygen atoms in total. The number of rotatable bonds is 2. The molecular formula is C15H13NS2. The van der Waals surface area contributed by atoms with Crippen LogP contribution in [0.25, 0.3) is 5.57 Å². The Balaban J connectivity index is 1.90. The minimum atomic E-state index is 1.08. The van der Waals surface area contributed by atoms with Crippen molar-refractivity contribution in [3.05, 3.63) is 64.3 Å². The third-order valence-electron chi connectivity index (χ3n) is 2.91. The lowest BCUT2D eigenvalue weighted by Gasteiger charge is -2.13. The molecule has 2 heterocycles. The smallest absolute Gasteiger partial charge is 0.0805 e. The van der Waals surface area contributed by atoms with Crippen LogP contribution in [0, 0.1) is 0 Å². The van der Waals surface area contributed by atoms with Crippen LogP contribution < -0.4 is 4.90 Å². The van der Waals surface area contributed by atoms with Gasteiger partial charge in [0.25, 0.3) is 0 Å². The van der Waals surface area contributed by atoms with Gasteiger partial charge in [0.05, 0.1) is 10.7 Å². The molecule has 0 fully saturated rings. The van der Waals surface area contributed by atoms with Gasteiger partial charge in [0, 0.05) is 16.8 Å². The van der Waals surface area contributed by atoms with Crippen LogP contribution in [0.3, 0.4) is 0 Å². The van der Waals surface area contributed by atoms with Crippen molar-refractivity contribution in [2.45, 2.75) is 4.90 Å². The van der Waals surface area contributed by atoms with Crippen molar-refractivity contribution in [1.82, 2.24) is 0 Å². The summed E-state index contributed by atoms with van der Waals surface area (Å²) in [6, 6.07) is 12.6. The predicted molar refractivity (Wildman–Crippen MR) is 82.1 cm³/mol. The van der Waals surface area contributed by atoms with Crippen LogP contribution in [-0.4, -0.2) is 7.05 Å². The Morgan fingerprint density at radius 1 is 1.22 bits per heavy atom. The van der Waals surface area contributed by atoms with E-state index in [1.54, 1.807) is 23.1 Å². The standard InChI is InChI=1S/C15H13NS2/c1-11(13-8-5-9-17-13)10-15-16(2)12-6-3-4-7-14(12)18-15/h3-10H,1H2,2H3/b15-10+. The number of thioether (sulfide) groups is 1. The largest absolute Gasteiger partial charge is 0.338 e. The molecule has 0 radical (unpaired) electrons. The highest BCUT2D eigenvalue weighted by atomic mass is 32.2. The zero-order chi connectivity index (χ0) is 12.5. The second-order valence-corrected chi connectivity index (χ2v) is 6.12. The second-order valence-electron chi connectivity index (χ2n) is 4.11. The van der Waals surface area contributed by atoms with Crippen LogP contribution in [0.15, 0.2) is 64.4 Å². The minimum absolute atomic E-state index is 1.08. The van der Waals surface area contributed by atoms with Gasteiger partial charge in [-0.25, -0.2) is 0 Å². The Bertz CT molecular complexity index is 611. The van der Waals surface area contributed by atoms with Crippen molar-refractivity contribution in [3.63, 3.8) is 0 Å². The first-order valence-electron chi connectivity index (χ1n) is 5.71. The summed E-state index contributed by atoms with van der Waals surface area (Å²) in [5, 5.41) is 3.31. The highest BCUT2D eigenvalue weighted by Gasteiger charge is 2.21. The van der Waals surface area contributed by atoms with E-state index in [1.807, 2.05) is 0 Å². The number of nitrogens with zero attached hydrogens (tertiary/aromatic N) is 1. The molecule has 90 valence electrons.